The van der Waals surface area contributed by atoms with Gasteiger partial charge in [-0.1, -0.05) is 5.59 Å². The number of nitrogens with one attached hydrogen (secondary N) is 2. The summed E-state index contributed by atoms with van der Waals surface area (Å²) in [6.07, 6.45) is 0. The first-order valence-electron chi connectivity index (χ1n) is 3.25. The van der Waals surface area contributed by atoms with E-state index >= 15 is 0 Å². The van der Waals surface area contributed by atoms with Crippen molar-refractivity contribution in [2.24, 2.45) is 5.90 Å². The van der Waals surface area contributed by atoms with Crippen molar-refractivity contribution in [1.82, 2.24) is 14.9 Å². The van der Waals surface area contributed by atoms with Crippen molar-refractivity contribution in [1.29, 1.82) is 5.59 Å². The van der Waals surface area contributed by atoms with Gasteiger partial charge in [-0.25, -0.2) is 5.90 Å². The largest absolute Gasteiger partial charge is 0.515 e. The van der Waals surface area contributed by atoms with Gasteiger partial charge >= 0.3 is 11.9 Å². The maximum atomic E-state index is 10.2. The normalized spacial score (nSPS) is 7.88. The van der Waals surface area contributed by atoms with Crippen LogP contribution in [0.5, 0.6) is 0 Å². The summed E-state index contributed by atoms with van der Waals surface area (Å²) in [5.41, 5.74) is 10.9. The molecule has 0 amide bonds. The number of hydrogen-bond donors (Lipinski definition) is 5. The van der Waals surface area contributed by atoms with Gasteiger partial charge in [0.1, 0.15) is 0 Å². The summed E-state index contributed by atoms with van der Waals surface area (Å²) in [7, 11) is 0. The molecule has 1 heterocycles. The Kier molecular flexibility index (Phi) is 8.12. The Morgan fingerprint density at radius 1 is 1.35 bits per heavy atom. The molecule has 0 fully saturated rings. The van der Waals surface area contributed by atoms with Crippen molar-refractivity contribution >= 4 is 11.9 Å². The zero-order chi connectivity index (χ0) is 14.0. The van der Waals surface area contributed by atoms with Gasteiger partial charge in [0.25, 0.3) is 0 Å². The summed E-state index contributed by atoms with van der Waals surface area (Å²) in [6.45, 7) is 0. The molecule has 0 aliphatic carbocycles. The lowest BCUT2D eigenvalue weighted by atomic mass is 11.0. The Labute approximate surface area is 91.0 Å². The highest BCUT2D eigenvalue weighted by atomic mass is 16.7. The van der Waals surface area contributed by atoms with Crippen molar-refractivity contribution in [2.45, 2.75) is 0 Å². The Morgan fingerprint density at radius 2 is 1.82 bits per heavy atom. The zero-order valence-corrected chi connectivity index (χ0v) is 7.88. The molecule has 1 aromatic rings. The summed E-state index contributed by atoms with van der Waals surface area (Å²) in [4.78, 5) is 30.0. The molecule has 1 aromatic heterocycles. The van der Waals surface area contributed by atoms with Crippen molar-refractivity contribution < 1.29 is 15.2 Å². The van der Waals surface area contributed by atoms with Crippen LogP contribution in [-0.2, 0) is 0 Å². The lowest BCUT2D eigenvalue weighted by molar-refractivity contribution is -0.469. The summed E-state index contributed by atoms with van der Waals surface area (Å²) in [5.74, 6) is 2.22. The van der Waals surface area contributed by atoms with Crippen molar-refractivity contribution in [3.8, 4) is 0 Å². The van der Waals surface area contributed by atoms with E-state index in [1.54, 1.807) is 0 Å². The van der Waals surface area contributed by atoms with E-state index in [4.69, 9.17) is 15.8 Å². The number of hydrogen-bond acceptors (Lipinski definition) is 11. The van der Waals surface area contributed by atoms with E-state index < -0.39 is 21.9 Å². The topological polar surface area (TPSA) is 242 Å². The van der Waals surface area contributed by atoms with Crippen LogP contribution in [0.3, 0.4) is 0 Å². The van der Waals surface area contributed by atoms with Crippen LogP contribution in [-0.4, -0.2) is 30.0 Å². The third-order valence-corrected chi connectivity index (χ3v) is 0.946. The Bertz CT molecular complexity index is 374. The number of nitro groups is 2. The molecule has 0 aromatic carbocycles. The smallest absolute Gasteiger partial charge is 0.389 e. The summed E-state index contributed by atoms with van der Waals surface area (Å²) in [6, 6.07) is 0. The van der Waals surface area contributed by atoms with Crippen LogP contribution < -0.4 is 17.2 Å². The fraction of sp³-hybridized carbons (Fsp3) is 0. The number of nitroso groups, excluding NO2 is 1. The number of nitrogens with zero attached hydrogens (tertiary/aromatic N) is 5. The van der Waals surface area contributed by atoms with Gasteiger partial charge < -0.3 is 31.2 Å². The molecule has 0 bridgehead atoms. The standard InChI is InChI=1S/C2H3N7O4.H3NO.HNO/c3-1-4-2(8(10)11)7(5-1)6-9(12)13;2*1-2/h6H,(H2,3,5);2H,1H2;1H. The Hall–Kier alpha value is -2.94. The molecule has 0 aliphatic heterocycles. The van der Waals surface area contributed by atoms with E-state index in [2.05, 4.69) is 21.6 Å². The van der Waals surface area contributed by atoms with E-state index in [0.717, 1.165) is 0 Å². The average molecular weight is 253 g/mol. The van der Waals surface area contributed by atoms with Gasteiger partial charge in [-0.3, -0.25) is 0 Å². The van der Waals surface area contributed by atoms with Crippen LogP contribution in [0.4, 0.5) is 11.9 Å². The quantitative estimate of drug-likeness (QED) is 0.227. The van der Waals surface area contributed by atoms with Crippen molar-refractivity contribution in [3.63, 3.8) is 0 Å². The molecule has 15 heteroatoms. The second-order valence-corrected chi connectivity index (χ2v) is 1.80. The number of aromatic nitrogens is 3. The van der Waals surface area contributed by atoms with Gasteiger partial charge in [0.2, 0.25) is 0 Å². The zero-order valence-electron chi connectivity index (χ0n) is 7.88. The van der Waals surface area contributed by atoms with Crippen LogP contribution in [0.15, 0.2) is 0 Å². The molecular formula is C2H7N9O6. The van der Waals surface area contributed by atoms with Crippen molar-refractivity contribution in [2.75, 3.05) is 11.3 Å². The molecule has 96 valence electrons. The predicted molar refractivity (Wildman–Crippen MR) is 49.5 cm³/mol. The highest BCUT2D eigenvalue weighted by molar-refractivity contribution is 5.20. The van der Waals surface area contributed by atoms with Gasteiger partial charge in [0, 0.05) is 9.89 Å². The van der Waals surface area contributed by atoms with Crippen molar-refractivity contribution in [3.05, 3.63) is 25.1 Å². The first-order valence-corrected chi connectivity index (χ1v) is 3.25. The predicted octanol–water partition coefficient (Wildman–Crippen LogP) is -1.83. The molecule has 0 unspecified atom stereocenters. The number of anilines is 1. The lowest BCUT2D eigenvalue weighted by Crippen LogP contribution is -2.23. The number of nitrogen functional groups attached to an aromatic ring is 1. The molecular weight excluding hydrogens is 246 g/mol. The Balaban J connectivity index is 0. The number of nitrogens with two attached hydrogens (primary N) is 2. The van der Waals surface area contributed by atoms with Gasteiger partial charge in [-0.05, 0) is 15.4 Å². The first kappa shape index (κ1) is 16.5. The van der Waals surface area contributed by atoms with E-state index in [0.29, 0.717) is 0 Å². The highest BCUT2D eigenvalue weighted by Crippen LogP contribution is 2.06. The summed E-state index contributed by atoms with van der Waals surface area (Å²) in [5, 5.41) is 28.7. The Morgan fingerprint density at radius 3 is 2.18 bits per heavy atom. The van der Waals surface area contributed by atoms with Crippen LogP contribution in [0.2, 0.25) is 0 Å². The molecule has 15 nitrogen and oxygen atoms in total. The maximum Gasteiger partial charge on any atom is 0.515 e. The lowest BCUT2D eigenvalue weighted by Gasteiger charge is -1.95. The SMILES string of the molecule is N=O.NO.Nc1nc([N+](=O)[O-])n(N[N+](=O)[O-])n1. The van der Waals surface area contributed by atoms with Gasteiger partial charge in [-0.2, -0.15) is 4.91 Å². The molecule has 0 radical (unpaired) electrons. The molecule has 0 atom stereocenters. The first-order chi connectivity index (χ1) is 8.00. The monoisotopic (exact) mass is 253 g/mol. The average Bonchev–Trinajstić information content (AvgIpc) is 2.64. The van der Waals surface area contributed by atoms with E-state index in [-0.39, 0.29) is 4.79 Å². The summed E-state index contributed by atoms with van der Waals surface area (Å²) >= 11 is 0. The molecule has 1 rings (SSSR count). The van der Waals surface area contributed by atoms with Crippen LogP contribution in [0, 0.1) is 30.7 Å². The van der Waals surface area contributed by atoms with E-state index in [9.17, 15) is 20.2 Å². The van der Waals surface area contributed by atoms with E-state index in [1.165, 1.54) is 5.53 Å². The molecule has 0 saturated heterocycles. The molecule has 0 spiro atoms. The molecule has 7 N–H and O–H groups in total. The minimum absolute atomic E-state index is 0.259. The van der Waals surface area contributed by atoms with Crippen LogP contribution in [0.1, 0.15) is 0 Å². The second kappa shape index (κ2) is 8.38. The highest BCUT2D eigenvalue weighted by Gasteiger charge is 2.23. The molecule has 0 aliphatic rings. The maximum absolute atomic E-state index is 10.2. The number of hydrazine groups is 1. The third-order valence-electron chi connectivity index (χ3n) is 0.946. The number of rotatable bonds is 3. The van der Waals surface area contributed by atoms with Crippen LogP contribution >= 0.6 is 0 Å². The second-order valence-electron chi connectivity index (χ2n) is 1.80. The molecule has 17 heavy (non-hydrogen) atoms. The minimum atomic E-state index is -1.03. The minimum Gasteiger partial charge on any atom is -0.389 e. The third kappa shape index (κ3) is 5.49. The fourth-order valence-electron chi connectivity index (χ4n) is 0.582. The van der Waals surface area contributed by atoms with Gasteiger partial charge in [0.05, 0.1) is 5.03 Å². The summed E-state index contributed by atoms with van der Waals surface area (Å²) < 4.78 is 0. The van der Waals surface area contributed by atoms with E-state index in [1.807, 2.05) is 0 Å². The van der Waals surface area contributed by atoms with Gasteiger partial charge in [0.15, 0.2) is 0 Å². The van der Waals surface area contributed by atoms with Crippen LogP contribution in [0.25, 0.3) is 0 Å². The van der Waals surface area contributed by atoms with Gasteiger partial charge in [-0.15, -0.1) is 0 Å². The fourth-order valence-corrected chi connectivity index (χ4v) is 0.582. The molecule has 0 saturated carbocycles.